The molecule has 0 amide bonds. The van der Waals surface area contributed by atoms with Crippen molar-refractivity contribution in [2.45, 2.75) is 42.8 Å². The second-order valence-electron chi connectivity index (χ2n) is 7.63. The Labute approximate surface area is 172 Å². The number of rotatable bonds is 7. The fourth-order valence-corrected chi connectivity index (χ4v) is 5.36. The second kappa shape index (κ2) is 8.61. The number of allylic oxidation sites excluding steroid dienone is 1. The van der Waals surface area contributed by atoms with Gasteiger partial charge >= 0.3 is 0 Å². The minimum absolute atomic E-state index is 0.0257. The van der Waals surface area contributed by atoms with Gasteiger partial charge in [-0.3, -0.25) is 4.79 Å². The van der Waals surface area contributed by atoms with Crippen LogP contribution >= 0.6 is 0 Å². The molecular formula is C23H25NO4S. The number of aryl methyl sites for hydroxylation is 1. The number of morpholine rings is 1. The summed E-state index contributed by atoms with van der Waals surface area (Å²) in [5.74, 6) is 0.0503. The molecule has 2 saturated heterocycles. The highest BCUT2D eigenvalue weighted by molar-refractivity contribution is 7.89. The summed E-state index contributed by atoms with van der Waals surface area (Å²) >= 11 is 0. The predicted octanol–water partition coefficient (Wildman–Crippen LogP) is 3.45. The minimum atomic E-state index is -3.50. The van der Waals surface area contributed by atoms with Gasteiger partial charge in [0.2, 0.25) is 10.0 Å². The van der Waals surface area contributed by atoms with Gasteiger partial charge in [-0.05, 0) is 48.6 Å². The molecule has 4 rings (SSSR count). The van der Waals surface area contributed by atoms with Crippen LogP contribution in [0.2, 0.25) is 0 Å². The van der Waals surface area contributed by atoms with Crippen molar-refractivity contribution in [2.24, 2.45) is 0 Å². The van der Waals surface area contributed by atoms with E-state index in [1.807, 2.05) is 36.4 Å². The maximum Gasteiger partial charge on any atom is 0.243 e. The highest BCUT2D eigenvalue weighted by Gasteiger charge is 2.39. The average molecular weight is 412 g/mol. The molecular weight excluding hydrogens is 386 g/mol. The van der Waals surface area contributed by atoms with Gasteiger partial charge in [0, 0.05) is 19.5 Å². The van der Waals surface area contributed by atoms with Crippen molar-refractivity contribution in [2.75, 3.05) is 13.1 Å². The average Bonchev–Trinajstić information content (AvgIpc) is 3.09. The highest BCUT2D eigenvalue weighted by Crippen LogP contribution is 2.30. The number of hydrogen-bond acceptors (Lipinski definition) is 4. The second-order valence-corrected chi connectivity index (χ2v) is 9.57. The van der Waals surface area contributed by atoms with Crippen LogP contribution in [-0.4, -0.2) is 43.8 Å². The topological polar surface area (TPSA) is 63.7 Å². The van der Waals surface area contributed by atoms with E-state index in [9.17, 15) is 13.2 Å². The summed E-state index contributed by atoms with van der Waals surface area (Å²) in [4.78, 5) is 12.4. The first-order chi connectivity index (χ1) is 14.0. The van der Waals surface area contributed by atoms with Crippen molar-refractivity contribution in [3.63, 3.8) is 0 Å². The lowest BCUT2D eigenvalue weighted by Crippen LogP contribution is -2.45. The molecule has 2 aliphatic heterocycles. The SMILES string of the molecule is O=C(C=Cc1ccccc1)CCc1ccc(S(=O)(=O)N2CC3CCC(C2)O3)cc1. The number of ether oxygens (including phenoxy) is 1. The fourth-order valence-electron chi connectivity index (χ4n) is 3.86. The Morgan fingerprint density at radius 2 is 1.66 bits per heavy atom. The lowest BCUT2D eigenvalue weighted by Gasteiger charge is -2.31. The summed E-state index contributed by atoms with van der Waals surface area (Å²) in [6.07, 6.45) is 6.30. The third-order valence-corrected chi connectivity index (χ3v) is 7.34. The molecule has 0 spiro atoms. The standard InChI is InChI=1S/C23H25NO4S/c25-20(10-6-18-4-2-1-3-5-18)11-7-19-8-14-23(15-9-19)29(26,27)24-16-21-12-13-22(17-24)28-21/h1-6,8-10,14-15,21-22H,7,11-13,16-17H2. The first kappa shape index (κ1) is 20.0. The van der Waals surface area contributed by atoms with Crippen LogP contribution in [0.3, 0.4) is 0 Å². The maximum absolute atomic E-state index is 12.9. The van der Waals surface area contributed by atoms with Gasteiger partial charge in [-0.15, -0.1) is 0 Å². The Bertz CT molecular complexity index is 971. The molecule has 2 fully saturated rings. The van der Waals surface area contributed by atoms with Gasteiger partial charge < -0.3 is 4.74 Å². The van der Waals surface area contributed by atoms with Crippen LogP contribution in [-0.2, 0) is 26.0 Å². The van der Waals surface area contributed by atoms with Crippen molar-refractivity contribution in [1.29, 1.82) is 0 Å². The number of benzene rings is 2. The summed E-state index contributed by atoms with van der Waals surface area (Å²) in [6.45, 7) is 0.867. The molecule has 0 N–H and O–H groups in total. The van der Waals surface area contributed by atoms with Crippen LogP contribution in [0.5, 0.6) is 0 Å². The molecule has 2 bridgehead atoms. The zero-order valence-corrected chi connectivity index (χ0v) is 17.1. The third-order valence-electron chi connectivity index (χ3n) is 5.49. The van der Waals surface area contributed by atoms with Crippen molar-refractivity contribution >= 4 is 21.9 Å². The summed E-state index contributed by atoms with van der Waals surface area (Å²) in [5.41, 5.74) is 1.94. The summed E-state index contributed by atoms with van der Waals surface area (Å²) in [5, 5.41) is 0. The highest BCUT2D eigenvalue weighted by atomic mass is 32.2. The van der Waals surface area contributed by atoms with E-state index in [1.165, 1.54) is 0 Å². The molecule has 29 heavy (non-hydrogen) atoms. The number of carbonyl (C=O) groups excluding carboxylic acids is 1. The molecule has 152 valence electrons. The molecule has 2 aliphatic rings. The molecule has 2 aromatic rings. The quantitative estimate of drug-likeness (QED) is 0.655. The van der Waals surface area contributed by atoms with Gasteiger partial charge in [-0.25, -0.2) is 8.42 Å². The van der Waals surface area contributed by atoms with E-state index in [-0.39, 0.29) is 18.0 Å². The number of nitrogens with zero attached hydrogens (tertiary/aromatic N) is 1. The molecule has 0 aromatic heterocycles. The third kappa shape index (κ3) is 4.83. The Morgan fingerprint density at radius 3 is 2.31 bits per heavy atom. The largest absolute Gasteiger partial charge is 0.372 e. The summed E-state index contributed by atoms with van der Waals surface area (Å²) in [6, 6.07) is 16.6. The van der Waals surface area contributed by atoms with Crippen molar-refractivity contribution in [3.8, 4) is 0 Å². The van der Waals surface area contributed by atoms with Gasteiger partial charge in [0.25, 0.3) is 0 Å². The minimum Gasteiger partial charge on any atom is -0.372 e. The number of fused-ring (bicyclic) bond motifs is 2. The Morgan fingerprint density at radius 1 is 1.00 bits per heavy atom. The van der Waals surface area contributed by atoms with Crippen molar-refractivity contribution < 1.29 is 17.9 Å². The molecule has 0 radical (unpaired) electrons. The molecule has 2 atom stereocenters. The van der Waals surface area contributed by atoms with Crippen LogP contribution in [0, 0.1) is 0 Å². The summed E-state index contributed by atoms with van der Waals surface area (Å²) in [7, 11) is -3.50. The maximum atomic E-state index is 12.9. The molecule has 6 heteroatoms. The lowest BCUT2D eigenvalue weighted by molar-refractivity contribution is -0.114. The Kier molecular flexibility index (Phi) is 5.94. The molecule has 0 aliphatic carbocycles. The first-order valence-electron chi connectivity index (χ1n) is 10.0. The van der Waals surface area contributed by atoms with Crippen LogP contribution in [0.1, 0.15) is 30.4 Å². The first-order valence-corrected chi connectivity index (χ1v) is 11.5. The van der Waals surface area contributed by atoms with E-state index in [2.05, 4.69) is 0 Å². The van der Waals surface area contributed by atoms with E-state index in [0.29, 0.717) is 30.8 Å². The van der Waals surface area contributed by atoms with Crippen LogP contribution in [0.4, 0.5) is 0 Å². The molecule has 2 unspecified atom stereocenters. The molecule has 0 saturated carbocycles. The zero-order valence-electron chi connectivity index (χ0n) is 16.2. The number of sulfonamides is 1. The Balaban J connectivity index is 1.34. The van der Waals surface area contributed by atoms with Gasteiger partial charge in [0.1, 0.15) is 0 Å². The van der Waals surface area contributed by atoms with E-state index >= 15 is 0 Å². The van der Waals surface area contributed by atoms with E-state index in [0.717, 1.165) is 24.0 Å². The molecule has 5 nitrogen and oxygen atoms in total. The Hall–Kier alpha value is -2.28. The zero-order chi connectivity index (χ0) is 20.3. The lowest BCUT2D eigenvalue weighted by atomic mass is 10.1. The molecule has 2 aromatic carbocycles. The van der Waals surface area contributed by atoms with Crippen LogP contribution < -0.4 is 0 Å². The number of ketones is 1. The van der Waals surface area contributed by atoms with Crippen molar-refractivity contribution in [1.82, 2.24) is 4.31 Å². The van der Waals surface area contributed by atoms with E-state index in [4.69, 9.17) is 4.74 Å². The van der Waals surface area contributed by atoms with Crippen LogP contribution in [0.15, 0.2) is 65.6 Å². The normalized spacial score (nSPS) is 22.2. The van der Waals surface area contributed by atoms with Gasteiger partial charge in [0.05, 0.1) is 17.1 Å². The monoisotopic (exact) mass is 411 g/mol. The number of carbonyl (C=O) groups is 1. The van der Waals surface area contributed by atoms with Gasteiger partial charge in [-0.1, -0.05) is 48.5 Å². The summed E-state index contributed by atoms with van der Waals surface area (Å²) < 4.78 is 33.1. The van der Waals surface area contributed by atoms with Crippen LogP contribution in [0.25, 0.3) is 6.08 Å². The predicted molar refractivity (Wildman–Crippen MR) is 112 cm³/mol. The van der Waals surface area contributed by atoms with Crippen molar-refractivity contribution in [3.05, 3.63) is 71.8 Å². The number of hydrogen-bond donors (Lipinski definition) is 0. The molecule has 2 heterocycles. The fraction of sp³-hybridized carbons (Fsp3) is 0.348. The smallest absolute Gasteiger partial charge is 0.243 e. The van der Waals surface area contributed by atoms with Gasteiger partial charge in [-0.2, -0.15) is 4.31 Å². The van der Waals surface area contributed by atoms with E-state index in [1.54, 1.807) is 34.6 Å². The van der Waals surface area contributed by atoms with Gasteiger partial charge in [0.15, 0.2) is 5.78 Å². The van der Waals surface area contributed by atoms with E-state index < -0.39 is 10.0 Å².